The Morgan fingerprint density at radius 3 is 2.21 bits per heavy atom. The summed E-state index contributed by atoms with van der Waals surface area (Å²) in [5.41, 5.74) is 5.93. The fourth-order valence-electron chi connectivity index (χ4n) is 1.42. The molecule has 0 atom stereocenters. The summed E-state index contributed by atoms with van der Waals surface area (Å²) in [4.78, 5) is 0. The van der Waals surface area contributed by atoms with Crippen LogP contribution in [-0.2, 0) is 0 Å². The van der Waals surface area contributed by atoms with Crippen molar-refractivity contribution in [2.24, 2.45) is 5.84 Å². The van der Waals surface area contributed by atoms with Gasteiger partial charge >= 0.3 is 0 Å². The van der Waals surface area contributed by atoms with E-state index in [9.17, 15) is 0 Å². The van der Waals surface area contributed by atoms with Crippen LogP contribution in [0.25, 0.3) is 11.1 Å². The lowest BCUT2D eigenvalue weighted by atomic mass is 10.1. The van der Waals surface area contributed by atoms with Crippen molar-refractivity contribution in [2.45, 2.75) is 0 Å². The summed E-state index contributed by atoms with van der Waals surface area (Å²) in [7, 11) is 0. The zero-order valence-electron chi connectivity index (χ0n) is 7.77. The molecule has 2 heteroatoms. The molecular formula is C12H12N2. The van der Waals surface area contributed by atoms with Crippen molar-refractivity contribution >= 4 is 5.69 Å². The molecule has 0 unspecified atom stereocenters. The van der Waals surface area contributed by atoms with E-state index < -0.39 is 0 Å². The molecule has 0 aliphatic heterocycles. The number of nitrogens with two attached hydrogens (primary N) is 1. The molecule has 0 fully saturated rings. The summed E-state index contributed by atoms with van der Waals surface area (Å²) in [6.45, 7) is 0. The Balaban J connectivity index is 2.42. The van der Waals surface area contributed by atoms with E-state index in [2.05, 4.69) is 23.6 Å². The van der Waals surface area contributed by atoms with Gasteiger partial charge in [0.05, 0.1) is 0 Å². The van der Waals surface area contributed by atoms with Gasteiger partial charge in [0.15, 0.2) is 0 Å². The van der Waals surface area contributed by atoms with Crippen LogP contribution in [0.4, 0.5) is 5.69 Å². The van der Waals surface area contributed by atoms with Gasteiger partial charge in [-0.25, -0.2) is 0 Å². The van der Waals surface area contributed by atoms with Crippen LogP contribution in [0.2, 0.25) is 0 Å². The first-order valence-electron chi connectivity index (χ1n) is 4.52. The van der Waals surface area contributed by atoms with Gasteiger partial charge in [-0.05, 0) is 23.3 Å². The second-order valence-electron chi connectivity index (χ2n) is 3.09. The maximum absolute atomic E-state index is 5.35. The third-order valence-electron chi connectivity index (χ3n) is 2.14. The monoisotopic (exact) mass is 184 g/mol. The molecule has 0 saturated heterocycles. The highest BCUT2D eigenvalue weighted by atomic mass is 15.2. The zero-order valence-corrected chi connectivity index (χ0v) is 7.77. The van der Waals surface area contributed by atoms with Crippen molar-refractivity contribution in [1.82, 2.24) is 0 Å². The van der Waals surface area contributed by atoms with Gasteiger partial charge in [-0.15, -0.1) is 0 Å². The molecule has 0 saturated carbocycles. The number of hydrogen-bond acceptors (Lipinski definition) is 2. The standard InChI is InChI=1S/C12H12N2/c13-14-12-8-4-7-11(9-12)10-5-2-1-3-6-10/h1-9,14H,13H2. The smallest absolute Gasteiger partial charge is 0.0491 e. The van der Waals surface area contributed by atoms with Crippen LogP contribution in [0.15, 0.2) is 54.6 Å². The number of hydrogen-bond donors (Lipinski definition) is 2. The Hall–Kier alpha value is -1.80. The van der Waals surface area contributed by atoms with E-state index >= 15 is 0 Å². The molecule has 2 aromatic carbocycles. The van der Waals surface area contributed by atoms with Gasteiger partial charge in [-0.1, -0.05) is 42.5 Å². The van der Waals surface area contributed by atoms with E-state index in [1.807, 2.05) is 36.4 Å². The van der Waals surface area contributed by atoms with Gasteiger partial charge in [-0.3, -0.25) is 5.84 Å². The lowest BCUT2D eigenvalue weighted by Gasteiger charge is -2.04. The quantitative estimate of drug-likeness (QED) is 0.556. The average Bonchev–Trinajstić information content (AvgIpc) is 2.30. The largest absolute Gasteiger partial charge is 0.324 e. The van der Waals surface area contributed by atoms with Crippen molar-refractivity contribution in [3.63, 3.8) is 0 Å². The summed E-state index contributed by atoms with van der Waals surface area (Å²) >= 11 is 0. The van der Waals surface area contributed by atoms with Crippen molar-refractivity contribution in [1.29, 1.82) is 0 Å². The lowest BCUT2D eigenvalue weighted by molar-refractivity contribution is 1.35. The number of rotatable bonds is 2. The first-order valence-corrected chi connectivity index (χ1v) is 4.52. The topological polar surface area (TPSA) is 38.0 Å². The van der Waals surface area contributed by atoms with Crippen LogP contribution in [0, 0.1) is 0 Å². The average molecular weight is 184 g/mol. The van der Waals surface area contributed by atoms with Crippen LogP contribution < -0.4 is 11.3 Å². The fourth-order valence-corrected chi connectivity index (χ4v) is 1.42. The highest BCUT2D eigenvalue weighted by molar-refractivity contribution is 5.67. The molecule has 70 valence electrons. The Morgan fingerprint density at radius 2 is 1.50 bits per heavy atom. The van der Waals surface area contributed by atoms with Gasteiger partial charge in [0.25, 0.3) is 0 Å². The number of benzene rings is 2. The predicted octanol–water partition coefficient (Wildman–Crippen LogP) is 2.64. The number of hydrazine groups is 1. The first kappa shape index (κ1) is 8.78. The van der Waals surface area contributed by atoms with E-state index in [0.29, 0.717) is 0 Å². The molecule has 0 aliphatic rings. The zero-order chi connectivity index (χ0) is 9.80. The van der Waals surface area contributed by atoms with Gasteiger partial charge in [0, 0.05) is 5.69 Å². The molecule has 0 amide bonds. The lowest BCUT2D eigenvalue weighted by Crippen LogP contribution is -2.06. The summed E-state index contributed by atoms with van der Waals surface area (Å²) in [6.07, 6.45) is 0. The molecule has 0 aromatic heterocycles. The van der Waals surface area contributed by atoms with E-state index in [-0.39, 0.29) is 0 Å². The molecule has 0 aliphatic carbocycles. The van der Waals surface area contributed by atoms with Gasteiger partial charge in [0.1, 0.15) is 0 Å². The second-order valence-corrected chi connectivity index (χ2v) is 3.09. The predicted molar refractivity (Wildman–Crippen MR) is 59.7 cm³/mol. The summed E-state index contributed by atoms with van der Waals surface area (Å²) in [6, 6.07) is 18.2. The third-order valence-corrected chi connectivity index (χ3v) is 2.14. The van der Waals surface area contributed by atoms with Crippen molar-refractivity contribution in [3.05, 3.63) is 54.6 Å². The maximum Gasteiger partial charge on any atom is 0.0491 e. The van der Waals surface area contributed by atoms with Crippen molar-refractivity contribution in [3.8, 4) is 11.1 Å². The van der Waals surface area contributed by atoms with Crippen LogP contribution >= 0.6 is 0 Å². The number of nitrogen functional groups attached to an aromatic ring is 1. The Bertz CT molecular complexity index is 410. The number of anilines is 1. The Kier molecular flexibility index (Phi) is 2.47. The van der Waals surface area contributed by atoms with Gasteiger partial charge in [0.2, 0.25) is 0 Å². The normalized spacial score (nSPS) is 9.79. The third kappa shape index (κ3) is 1.75. The Morgan fingerprint density at radius 1 is 0.786 bits per heavy atom. The van der Waals surface area contributed by atoms with Crippen LogP contribution in [0.5, 0.6) is 0 Å². The van der Waals surface area contributed by atoms with Crippen LogP contribution in [0.1, 0.15) is 0 Å². The molecule has 0 radical (unpaired) electrons. The summed E-state index contributed by atoms with van der Waals surface area (Å²) in [5.74, 6) is 5.35. The van der Waals surface area contributed by atoms with Gasteiger partial charge in [-0.2, -0.15) is 0 Å². The minimum atomic E-state index is 0.923. The highest BCUT2D eigenvalue weighted by Gasteiger charge is 1.96. The SMILES string of the molecule is NNc1cccc(-c2ccccc2)c1. The Labute approximate surface area is 83.3 Å². The molecule has 0 bridgehead atoms. The number of nitrogens with one attached hydrogen (secondary N) is 1. The van der Waals surface area contributed by atoms with E-state index in [1.54, 1.807) is 0 Å². The van der Waals surface area contributed by atoms with E-state index in [4.69, 9.17) is 5.84 Å². The molecule has 0 heterocycles. The maximum atomic E-state index is 5.35. The molecular weight excluding hydrogens is 172 g/mol. The molecule has 3 N–H and O–H groups in total. The van der Waals surface area contributed by atoms with Crippen molar-refractivity contribution in [2.75, 3.05) is 5.43 Å². The minimum Gasteiger partial charge on any atom is -0.324 e. The van der Waals surface area contributed by atoms with Crippen molar-refractivity contribution < 1.29 is 0 Å². The van der Waals surface area contributed by atoms with Gasteiger partial charge < -0.3 is 5.43 Å². The molecule has 2 nitrogen and oxygen atoms in total. The van der Waals surface area contributed by atoms with Crippen LogP contribution in [0.3, 0.4) is 0 Å². The molecule has 2 aromatic rings. The molecule has 0 spiro atoms. The molecule has 2 rings (SSSR count). The minimum absolute atomic E-state index is 0.923. The second kappa shape index (κ2) is 3.94. The van der Waals surface area contributed by atoms with E-state index in [1.165, 1.54) is 11.1 Å². The highest BCUT2D eigenvalue weighted by Crippen LogP contribution is 2.21. The molecule has 14 heavy (non-hydrogen) atoms. The fraction of sp³-hybridized carbons (Fsp3) is 0. The summed E-state index contributed by atoms with van der Waals surface area (Å²) < 4.78 is 0. The first-order chi connectivity index (χ1) is 6.90. The van der Waals surface area contributed by atoms with E-state index in [0.717, 1.165) is 5.69 Å². The summed E-state index contributed by atoms with van der Waals surface area (Å²) in [5, 5.41) is 0. The van der Waals surface area contributed by atoms with Crippen LogP contribution in [-0.4, -0.2) is 0 Å².